The normalized spacial score (nSPS) is 20.9. The SMILES string of the molecule is COc1ccc(C2=C[C@H](O)CCC2)cc1. The van der Waals surface area contributed by atoms with Crippen LogP contribution >= 0.6 is 0 Å². The van der Waals surface area contributed by atoms with Gasteiger partial charge in [0.25, 0.3) is 0 Å². The molecule has 0 fully saturated rings. The Balaban J connectivity index is 2.21. The third-order valence-corrected chi connectivity index (χ3v) is 2.80. The molecule has 0 bridgehead atoms. The Hall–Kier alpha value is -1.28. The van der Waals surface area contributed by atoms with Crippen molar-refractivity contribution in [2.45, 2.75) is 25.4 Å². The summed E-state index contributed by atoms with van der Waals surface area (Å²) in [6, 6.07) is 8.00. The molecule has 2 nitrogen and oxygen atoms in total. The van der Waals surface area contributed by atoms with E-state index in [0.29, 0.717) is 0 Å². The fourth-order valence-corrected chi connectivity index (χ4v) is 1.95. The maximum absolute atomic E-state index is 9.54. The largest absolute Gasteiger partial charge is 0.497 e. The molecule has 0 saturated carbocycles. The van der Waals surface area contributed by atoms with Gasteiger partial charge in [0, 0.05) is 0 Å². The number of aliphatic hydroxyl groups excluding tert-OH is 1. The van der Waals surface area contributed by atoms with Crippen LogP contribution in [0, 0.1) is 0 Å². The second kappa shape index (κ2) is 4.49. The number of rotatable bonds is 2. The van der Waals surface area contributed by atoms with Gasteiger partial charge in [0.15, 0.2) is 0 Å². The topological polar surface area (TPSA) is 29.5 Å². The van der Waals surface area contributed by atoms with Crippen LogP contribution in [0.15, 0.2) is 30.3 Å². The summed E-state index contributed by atoms with van der Waals surface area (Å²) in [6.45, 7) is 0. The molecule has 0 spiro atoms. The van der Waals surface area contributed by atoms with Crippen molar-refractivity contribution in [1.82, 2.24) is 0 Å². The van der Waals surface area contributed by atoms with Crippen LogP contribution in [-0.2, 0) is 0 Å². The molecule has 1 aliphatic rings. The molecule has 2 heteroatoms. The second-order valence-electron chi connectivity index (χ2n) is 3.88. The fraction of sp³-hybridized carbons (Fsp3) is 0.385. The number of methoxy groups -OCH3 is 1. The van der Waals surface area contributed by atoms with E-state index in [9.17, 15) is 5.11 Å². The first-order chi connectivity index (χ1) is 7.29. The second-order valence-corrected chi connectivity index (χ2v) is 3.88. The van der Waals surface area contributed by atoms with Gasteiger partial charge in [-0.15, -0.1) is 0 Å². The van der Waals surface area contributed by atoms with Gasteiger partial charge >= 0.3 is 0 Å². The van der Waals surface area contributed by atoms with Crippen LogP contribution in [0.25, 0.3) is 5.57 Å². The van der Waals surface area contributed by atoms with Crippen LogP contribution in [0.1, 0.15) is 24.8 Å². The number of aliphatic hydroxyl groups is 1. The average molecular weight is 204 g/mol. The van der Waals surface area contributed by atoms with Gasteiger partial charge in [-0.2, -0.15) is 0 Å². The minimum absolute atomic E-state index is 0.268. The monoisotopic (exact) mass is 204 g/mol. The molecule has 0 saturated heterocycles. The lowest BCUT2D eigenvalue weighted by Gasteiger charge is -2.17. The summed E-state index contributed by atoms with van der Waals surface area (Å²) in [7, 11) is 1.67. The number of ether oxygens (including phenoxy) is 1. The predicted molar refractivity (Wildman–Crippen MR) is 60.8 cm³/mol. The van der Waals surface area contributed by atoms with E-state index in [1.807, 2.05) is 30.3 Å². The van der Waals surface area contributed by atoms with Crippen LogP contribution in [0.3, 0.4) is 0 Å². The Labute approximate surface area is 90.2 Å². The highest BCUT2D eigenvalue weighted by molar-refractivity contribution is 5.67. The summed E-state index contributed by atoms with van der Waals surface area (Å²) >= 11 is 0. The van der Waals surface area contributed by atoms with E-state index in [-0.39, 0.29) is 6.10 Å². The van der Waals surface area contributed by atoms with Gasteiger partial charge in [-0.05, 0) is 42.5 Å². The third-order valence-electron chi connectivity index (χ3n) is 2.80. The molecule has 0 aromatic heterocycles. The summed E-state index contributed by atoms with van der Waals surface area (Å²) in [4.78, 5) is 0. The van der Waals surface area contributed by atoms with Crippen LogP contribution in [0.4, 0.5) is 0 Å². The summed E-state index contributed by atoms with van der Waals surface area (Å²) in [6.07, 6.45) is 4.71. The Kier molecular flexibility index (Phi) is 3.07. The molecule has 0 heterocycles. The molecule has 1 N–H and O–H groups in total. The molecular weight excluding hydrogens is 188 g/mol. The van der Waals surface area contributed by atoms with Crippen molar-refractivity contribution in [3.05, 3.63) is 35.9 Å². The van der Waals surface area contributed by atoms with Crippen molar-refractivity contribution in [1.29, 1.82) is 0 Å². The first-order valence-electron chi connectivity index (χ1n) is 5.33. The molecule has 15 heavy (non-hydrogen) atoms. The van der Waals surface area contributed by atoms with Gasteiger partial charge in [-0.25, -0.2) is 0 Å². The zero-order valence-electron chi connectivity index (χ0n) is 8.94. The van der Waals surface area contributed by atoms with Crippen molar-refractivity contribution >= 4 is 5.57 Å². The van der Waals surface area contributed by atoms with Crippen LogP contribution < -0.4 is 4.74 Å². The quantitative estimate of drug-likeness (QED) is 0.802. The van der Waals surface area contributed by atoms with E-state index in [2.05, 4.69) is 0 Å². The molecule has 1 atom stereocenters. The molecule has 80 valence electrons. The maximum Gasteiger partial charge on any atom is 0.118 e. The lowest BCUT2D eigenvalue weighted by molar-refractivity contribution is 0.206. The van der Waals surface area contributed by atoms with E-state index in [4.69, 9.17) is 4.74 Å². The molecule has 0 aliphatic heterocycles. The van der Waals surface area contributed by atoms with E-state index in [1.165, 1.54) is 11.1 Å². The molecule has 0 radical (unpaired) electrons. The van der Waals surface area contributed by atoms with Crippen molar-refractivity contribution in [3.8, 4) is 5.75 Å². The minimum atomic E-state index is -0.268. The fourth-order valence-electron chi connectivity index (χ4n) is 1.95. The smallest absolute Gasteiger partial charge is 0.118 e. The number of hydrogen-bond donors (Lipinski definition) is 1. The van der Waals surface area contributed by atoms with E-state index < -0.39 is 0 Å². The summed E-state index contributed by atoms with van der Waals surface area (Å²) < 4.78 is 5.11. The number of benzene rings is 1. The highest BCUT2D eigenvalue weighted by Gasteiger charge is 2.11. The first kappa shape index (κ1) is 10.2. The van der Waals surface area contributed by atoms with E-state index >= 15 is 0 Å². The Morgan fingerprint density at radius 1 is 1.27 bits per heavy atom. The molecule has 0 amide bonds. The average Bonchev–Trinajstić information content (AvgIpc) is 2.29. The first-order valence-corrected chi connectivity index (χ1v) is 5.33. The highest BCUT2D eigenvalue weighted by Crippen LogP contribution is 2.27. The van der Waals surface area contributed by atoms with Gasteiger partial charge in [0.2, 0.25) is 0 Å². The molecule has 2 rings (SSSR count). The van der Waals surface area contributed by atoms with Crippen molar-refractivity contribution in [2.24, 2.45) is 0 Å². The van der Waals surface area contributed by atoms with E-state index in [0.717, 1.165) is 25.0 Å². The van der Waals surface area contributed by atoms with Gasteiger partial charge < -0.3 is 9.84 Å². The summed E-state index contributed by atoms with van der Waals surface area (Å²) in [5.74, 6) is 0.871. The standard InChI is InChI=1S/C13H16O2/c1-15-13-7-5-10(6-8-13)11-3-2-4-12(14)9-11/h5-9,12,14H,2-4H2,1H3/t12-/m1/s1. The van der Waals surface area contributed by atoms with Crippen molar-refractivity contribution in [3.63, 3.8) is 0 Å². The van der Waals surface area contributed by atoms with Crippen molar-refractivity contribution in [2.75, 3.05) is 7.11 Å². The third kappa shape index (κ3) is 2.39. The molecule has 1 aromatic rings. The van der Waals surface area contributed by atoms with E-state index in [1.54, 1.807) is 7.11 Å². The van der Waals surface area contributed by atoms with Gasteiger partial charge in [-0.3, -0.25) is 0 Å². The Bertz CT molecular complexity index is 351. The van der Waals surface area contributed by atoms with Crippen LogP contribution in [0.2, 0.25) is 0 Å². The van der Waals surface area contributed by atoms with Gasteiger partial charge in [0.05, 0.1) is 13.2 Å². The Morgan fingerprint density at radius 2 is 2.00 bits per heavy atom. The molecule has 1 aromatic carbocycles. The lowest BCUT2D eigenvalue weighted by atomic mass is 9.92. The number of allylic oxidation sites excluding steroid dienone is 1. The minimum Gasteiger partial charge on any atom is -0.497 e. The zero-order valence-corrected chi connectivity index (χ0v) is 8.94. The zero-order chi connectivity index (χ0) is 10.7. The summed E-state index contributed by atoms with van der Waals surface area (Å²) in [5.41, 5.74) is 2.44. The molecule has 0 unspecified atom stereocenters. The molecule has 1 aliphatic carbocycles. The van der Waals surface area contributed by atoms with Gasteiger partial charge in [0.1, 0.15) is 5.75 Å². The van der Waals surface area contributed by atoms with Gasteiger partial charge in [-0.1, -0.05) is 18.2 Å². The number of hydrogen-bond acceptors (Lipinski definition) is 2. The van der Waals surface area contributed by atoms with Crippen LogP contribution in [0.5, 0.6) is 5.75 Å². The Morgan fingerprint density at radius 3 is 2.60 bits per heavy atom. The lowest BCUT2D eigenvalue weighted by Crippen LogP contribution is -2.08. The predicted octanol–water partition coefficient (Wildman–Crippen LogP) is 2.62. The highest BCUT2D eigenvalue weighted by atomic mass is 16.5. The summed E-state index contributed by atoms with van der Waals surface area (Å²) in [5, 5.41) is 9.54. The van der Waals surface area contributed by atoms with Crippen LogP contribution in [-0.4, -0.2) is 18.3 Å². The maximum atomic E-state index is 9.54. The van der Waals surface area contributed by atoms with Crippen molar-refractivity contribution < 1.29 is 9.84 Å². The molecular formula is C13H16O2.